The highest BCUT2D eigenvalue weighted by Gasteiger charge is 2.46. The van der Waals surface area contributed by atoms with Gasteiger partial charge in [0.2, 0.25) is 5.91 Å². The maximum atomic E-state index is 11.9. The van der Waals surface area contributed by atoms with Crippen molar-refractivity contribution in [3.05, 3.63) is 0 Å². The van der Waals surface area contributed by atoms with E-state index in [1.165, 1.54) is 6.92 Å². The lowest BCUT2D eigenvalue weighted by molar-refractivity contribution is -0.162. The Morgan fingerprint density at radius 1 is 1.15 bits per heavy atom. The summed E-state index contributed by atoms with van der Waals surface area (Å²) in [5.41, 5.74) is 0. The average Bonchev–Trinajstić information content (AvgIpc) is 2.38. The van der Waals surface area contributed by atoms with Gasteiger partial charge in [-0.15, -0.1) is 0 Å². The van der Waals surface area contributed by atoms with Gasteiger partial charge in [0.25, 0.3) is 0 Å². The predicted molar refractivity (Wildman–Crippen MR) is 67.5 cm³/mol. The molecule has 7 nitrogen and oxygen atoms in total. The van der Waals surface area contributed by atoms with E-state index in [1.54, 1.807) is 13.8 Å². The molecule has 1 rings (SSSR count). The predicted octanol–water partition coefficient (Wildman–Crippen LogP) is -0.177. The van der Waals surface area contributed by atoms with Crippen molar-refractivity contribution in [2.45, 2.75) is 33.2 Å². The van der Waals surface area contributed by atoms with Crippen LogP contribution < -0.4 is 5.32 Å². The normalized spacial score (nSPS) is 25.6. The molecular formula is C13H19NO6. The Labute approximate surface area is 117 Å². The van der Waals surface area contributed by atoms with Crippen molar-refractivity contribution in [1.29, 1.82) is 0 Å². The molecule has 0 aromatic carbocycles. The Hall–Kier alpha value is -1.92. The molecule has 0 radical (unpaired) electrons. The second kappa shape index (κ2) is 7.02. The van der Waals surface area contributed by atoms with Crippen molar-refractivity contribution in [1.82, 2.24) is 5.32 Å². The maximum Gasteiger partial charge on any atom is 0.329 e. The summed E-state index contributed by atoms with van der Waals surface area (Å²) in [7, 11) is 0. The number of amides is 1. The van der Waals surface area contributed by atoms with Crippen LogP contribution in [0.5, 0.6) is 0 Å². The van der Waals surface area contributed by atoms with E-state index >= 15 is 0 Å². The third-order valence-corrected chi connectivity index (χ3v) is 3.13. The van der Waals surface area contributed by atoms with Crippen LogP contribution >= 0.6 is 0 Å². The first-order chi connectivity index (χ1) is 9.42. The van der Waals surface area contributed by atoms with Crippen molar-refractivity contribution in [2.75, 3.05) is 13.2 Å². The summed E-state index contributed by atoms with van der Waals surface area (Å²) in [6.07, 6.45) is -0.0382. The van der Waals surface area contributed by atoms with Gasteiger partial charge in [-0.3, -0.25) is 14.4 Å². The summed E-state index contributed by atoms with van der Waals surface area (Å²) in [5.74, 6) is -4.05. The Morgan fingerprint density at radius 3 is 2.20 bits per heavy atom. The number of hydrogen-bond donors (Lipinski definition) is 1. The average molecular weight is 285 g/mol. The molecule has 1 saturated heterocycles. The lowest BCUT2D eigenvalue weighted by Crippen LogP contribution is -2.57. The Balaban J connectivity index is 2.95. The molecule has 3 atom stereocenters. The SMILES string of the molecule is CCOC(=O)C1CC(C(C)=O)C(=O)NC1C(=O)OCC. The summed E-state index contributed by atoms with van der Waals surface area (Å²) in [6.45, 7) is 4.83. The highest BCUT2D eigenvalue weighted by Crippen LogP contribution is 2.25. The Morgan fingerprint density at radius 2 is 1.70 bits per heavy atom. The molecule has 0 bridgehead atoms. The van der Waals surface area contributed by atoms with Crippen LogP contribution in [0.3, 0.4) is 0 Å². The number of hydrogen-bond acceptors (Lipinski definition) is 6. The minimum atomic E-state index is -1.10. The molecule has 112 valence electrons. The van der Waals surface area contributed by atoms with Crippen LogP contribution in [-0.4, -0.2) is 42.9 Å². The van der Waals surface area contributed by atoms with Gasteiger partial charge in [0.15, 0.2) is 0 Å². The first-order valence-electron chi connectivity index (χ1n) is 6.56. The van der Waals surface area contributed by atoms with Gasteiger partial charge in [-0.25, -0.2) is 4.79 Å². The number of carbonyl (C=O) groups is 4. The van der Waals surface area contributed by atoms with E-state index < -0.39 is 35.7 Å². The third kappa shape index (κ3) is 3.55. The molecule has 1 N–H and O–H groups in total. The molecule has 3 unspecified atom stereocenters. The molecule has 20 heavy (non-hydrogen) atoms. The number of nitrogens with one attached hydrogen (secondary N) is 1. The number of piperidine rings is 1. The third-order valence-electron chi connectivity index (χ3n) is 3.13. The molecule has 0 aliphatic carbocycles. The van der Waals surface area contributed by atoms with E-state index in [0.29, 0.717) is 0 Å². The molecule has 1 aliphatic heterocycles. The summed E-state index contributed by atoms with van der Waals surface area (Å²) in [5, 5.41) is 2.39. The molecule has 1 aliphatic rings. The zero-order valence-electron chi connectivity index (χ0n) is 11.8. The lowest BCUT2D eigenvalue weighted by atomic mass is 9.82. The molecule has 0 spiro atoms. The first kappa shape index (κ1) is 16.1. The van der Waals surface area contributed by atoms with Gasteiger partial charge in [-0.1, -0.05) is 0 Å². The monoisotopic (exact) mass is 285 g/mol. The number of Topliss-reactive ketones (excluding diaryl/α,β-unsaturated/α-hetero) is 1. The van der Waals surface area contributed by atoms with Crippen molar-refractivity contribution < 1.29 is 28.7 Å². The smallest absolute Gasteiger partial charge is 0.329 e. The number of rotatable bonds is 5. The highest BCUT2D eigenvalue weighted by atomic mass is 16.5. The van der Waals surface area contributed by atoms with Crippen LogP contribution in [0.1, 0.15) is 27.2 Å². The number of carbonyl (C=O) groups excluding carboxylic acids is 4. The van der Waals surface area contributed by atoms with Gasteiger partial charge in [-0.2, -0.15) is 0 Å². The topological polar surface area (TPSA) is 98.8 Å². The molecule has 0 saturated carbocycles. The van der Waals surface area contributed by atoms with Gasteiger partial charge < -0.3 is 14.8 Å². The molecule has 1 amide bonds. The van der Waals surface area contributed by atoms with Crippen LogP contribution in [0, 0.1) is 11.8 Å². The second-order valence-corrected chi connectivity index (χ2v) is 4.50. The summed E-state index contributed by atoms with van der Waals surface area (Å²) in [6, 6.07) is -1.10. The molecule has 7 heteroatoms. The molecule has 1 fully saturated rings. The fraction of sp³-hybridized carbons (Fsp3) is 0.692. The van der Waals surface area contributed by atoms with Crippen molar-refractivity contribution in [2.24, 2.45) is 11.8 Å². The zero-order valence-corrected chi connectivity index (χ0v) is 11.8. The Kier molecular flexibility index (Phi) is 5.66. The second-order valence-electron chi connectivity index (χ2n) is 4.50. The van der Waals surface area contributed by atoms with Gasteiger partial charge >= 0.3 is 11.9 Å². The van der Waals surface area contributed by atoms with E-state index in [9.17, 15) is 19.2 Å². The summed E-state index contributed by atoms with van der Waals surface area (Å²) >= 11 is 0. The lowest BCUT2D eigenvalue weighted by Gasteiger charge is -2.32. The van der Waals surface area contributed by atoms with Crippen LogP contribution in [0.15, 0.2) is 0 Å². The minimum Gasteiger partial charge on any atom is -0.466 e. The maximum absolute atomic E-state index is 11.9. The first-order valence-corrected chi connectivity index (χ1v) is 6.56. The van der Waals surface area contributed by atoms with Gasteiger partial charge in [0, 0.05) is 0 Å². The van der Waals surface area contributed by atoms with Crippen molar-refractivity contribution in [3.63, 3.8) is 0 Å². The fourth-order valence-electron chi connectivity index (χ4n) is 2.14. The standard InChI is InChI=1S/C13H19NO6/c1-4-19-12(17)9-6-8(7(3)15)11(16)14-10(9)13(18)20-5-2/h8-10H,4-6H2,1-3H3,(H,14,16). The van der Waals surface area contributed by atoms with Gasteiger partial charge in [0.05, 0.1) is 25.0 Å². The Bertz CT molecular complexity index is 419. The van der Waals surface area contributed by atoms with E-state index in [1.807, 2.05) is 0 Å². The van der Waals surface area contributed by atoms with E-state index in [2.05, 4.69) is 5.32 Å². The fourth-order valence-corrected chi connectivity index (χ4v) is 2.14. The van der Waals surface area contributed by atoms with Gasteiger partial charge in [-0.05, 0) is 27.2 Å². The van der Waals surface area contributed by atoms with E-state index in [4.69, 9.17) is 9.47 Å². The molecule has 1 heterocycles. The molecule has 0 aromatic rings. The van der Waals surface area contributed by atoms with E-state index in [-0.39, 0.29) is 25.4 Å². The van der Waals surface area contributed by atoms with Crippen LogP contribution in [0.25, 0.3) is 0 Å². The van der Waals surface area contributed by atoms with Crippen LogP contribution in [-0.2, 0) is 28.7 Å². The molecular weight excluding hydrogens is 266 g/mol. The highest BCUT2D eigenvalue weighted by molar-refractivity contribution is 6.04. The quantitative estimate of drug-likeness (QED) is 0.556. The van der Waals surface area contributed by atoms with Crippen LogP contribution in [0.4, 0.5) is 0 Å². The van der Waals surface area contributed by atoms with Crippen molar-refractivity contribution >= 4 is 23.6 Å². The number of ether oxygens (including phenoxy) is 2. The van der Waals surface area contributed by atoms with Crippen LogP contribution in [0.2, 0.25) is 0 Å². The zero-order chi connectivity index (χ0) is 15.3. The van der Waals surface area contributed by atoms with Crippen molar-refractivity contribution in [3.8, 4) is 0 Å². The summed E-state index contributed by atoms with van der Waals surface area (Å²) < 4.78 is 9.73. The molecule has 0 aromatic heterocycles. The number of ketones is 1. The number of esters is 2. The van der Waals surface area contributed by atoms with Gasteiger partial charge in [0.1, 0.15) is 11.8 Å². The summed E-state index contributed by atoms with van der Waals surface area (Å²) in [4.78, 5) is 46.9. The van der Waals surface area contributed by atoms with E-state index in [0.717, 1.165) is 0 Å². The largest absolute Gasteiger partial charge is 0.466 e. The minimum absolute atomic E-state index is 0.0382.